The van der Waals surface area contributed by atoms with E-state index in [9.17, 15) is 22.8 Å². The lowest BCUT2D eigenvalue weighted by Crippen LogP contribution is -2.44. The maximum absolute atomic E-state index is 13.6. The van der Waals surface area contributed by atoms with Gasteiger partial charge in [-0.3, -0.25) is 19.7 Å². The van der Waals surface area contributed by atoms with Gasteiger partial charge in [0.15, 0.2) is 5.11 Å². The van der Waals surface area contributed by atoms with Crippen LogP contribution >= 0.6 is 20.7 Å². The fourth-order valence-electron chi connectivity index (χ4n) is 8.03. The first-order valence-corrected chi connectivity index (χ1v) is 23.6. The Hall–Kier alpha value is -5.12. The molecule has 19 heteroatoms. The Morgan fingerprint density at radius 2 is 1.54 bits per heavy atom. The van der Waals surface area contributed by atoms with E-state index >= 15 is 0 Å². The van der Waals surface area contributed by atoms with E-state index in [1.807, 2.05) is 119 Å². The first-order chi connectivity index (χ1) is 32.1. The average molecular weight is 969 g/mol. The zero-order chi connectivity index (χ0) is 48.6. The van der Waals surface area contributed by atoms with Crippen LogP contribution in [0.15, 0.2) is 113 Å². The number of alkyl halides is 3. The van der Waals surface area contributed by atoms with Crippen LogP contribution in [0.5, 0.6) is 11.5 Å². The Balaban J connectivity index is 1.59. The van der Waals surface area contributed by atoms with Crippen LogP contribution in [0.25, 0.3) is 4.85 Å². The highest BCUT2D eigenvalue weighted by Gasteiger charge is 2.50. The summed E-state index contributed by atoms with van der Waals surface area (Å²) in [4.78, 5) is 31.9. The normalized spacial score (nSPS) is 18.1. The molecule has 362 valence electrons. The van der Waals surface area contributed by atoms with E-state index in [4.69, 9.17) is 46.8 Å². The second kappa shape index (κ2) is 25.3. The number of allylic oxidation sites excluding steroid dienone is 2. The number of aromatic amines is 1. The number of aromatic nitrogens is 2. The van der Waals surface area contributed by atoms with E-state index in [1.54, 1.807) is 14.2 Å². The molecule has 3 aromatic carbocycles. The number of ether oxygens (including phenoxy) is 4. The second-order valence-corrected chi connectivity index (χ2v) is 18.0. The number of hydrogen-bond acceptors (Lipinski definition) is 10. The summed E-state index contributed by atoms with van der Waals surface area (Å²) in [5, 5.41) is 3.38. The molecule has 0 spiro atoms. The Morgan fingerprint density at radius 3 is 2.09 bits per heavy atom. The van der Waals surface area contributed by atoms with Gasteiger partial charge in [0, 0.05) is 36.8 Å². The van der Waals surface area contributed by atoms with Gasteiger partial charge in [-0.15, -0.1) is 0 Å². The lowest BCUT2D eigenvalue weighted by atomic mass is 9.80. The van der Waals surface area contributed by atoms with Crippen molar-refractivity contribution in [1.29, 1.82) is 0 Å². The molecule has 0 radical (unpaired) electrons. The largest absolute Gasteiger partial charge is 0.497 e. The highest BCUT2D eigenvalue weighted by molar-refractivity contribution is 7.80. The molecular formula is C48H60F3N6O8PS. The molecule has 67 heavy (non-hydrogen) atoms. The van der Waals surface area contributed by atoms with Crippen molar-refractivity contribution in [3.05, 3.63) is 152 Å². The van der Waals surface area contributed by atoms with Crippen molar-refractivity contribution in [1.82, 2.24) is 24.9 Å². The predicted molar refractivity (Wildman–Crippen MR) is 256 cm³/mol. The summed E-state index contributed by atoms with van der Waals surface area (Å²) in [6, 6.07) is 26.3. The molecule has 2 heterocycles. The molecule has 1 aromatic heterocycles. The molecule has 1 aliphatic rings. The van der Waals surface area contributed by atoms with Gasteiger partial charge >= 0.3 is 12.0 Å². The maximum Gasteiger partial charge on any atom is 0.484 e. The van der Waals surface area contributed by atoms with Gasteiger partial charge < -0.3 is 38.2 Å². The molecule has 4 aromatic rings. The molecule has 1 fully saturated rings. The van der Waals surface area contributed by atoms with Gasteiger partial charge in [-0.1, -0.05) is 66.7 Å². The SMILES string of the molecule is [C-]#[N+]CCOP(OC1[C@@H](COC(c2ccccc2)(c2ccc(OC)cc2)c2ccc(OC)cc2)O[C@@H](n2ccc(=O)[nH]c2=O)[C@H]1C/C=C/CCCCNC(=S)NC(F)(F)F)N(C(C)C)C(C)C. The molecule has 5 atom stereocenters. The van der Waals surface area contributed by atoms with Gasteiger partial charge in [0.1, 0.15) is 42.1 Å². The monoisotopic (exact) mass is 968 g/mol. The first-order valence-electron chi connectivity index (χ1n) is 22.1. The number of thiocarbonyl (C=S) groups is 1. The summed E-state index contributed by atoms with van der Waals surface area (Å²) in [5.41, 5.74) is -0.0855. The molecule has 1 saturated heterocycles. The fourth-order valence-corrected chi connectivity index (χ4v) is 10.0. The van der Waals surface area contributed by atoms with E-state index in [1.165, 1.54) is 22.1 Å². The highest BCUT2D eigenvalue weighted by atomic mass is 32.1. The number of hydrogen-bond donors (Lipinski definition) is 3. The minimum Gasteiger partial charge on any atom is -0.497 e. The van der Waals surface area contributed by atoms with Crippen LogP contribution in [-0.4, -0.2) is 90.4 Å². The molecular weight excluding hydrogens is 909 g/mol. The van der Waals surface area contributed by atoms with Crippen molar-refractivity contribution >= 4 is 25.9 Å². The first kappa shape index (κ1) is 52.8. The number of benzene rings is 3. The Morgan fingerprint density at radius 1 is 0.925 bits per heavy atom. The molecule has 1 aliphatic heterocycles. The summed E-state index contributed by atoms with van der Waals surface area (Å²) < 4.78 is 80.5. The Labute approximate surface area is 396 Å². The second-order valence-electron chi connectivity index (χ2n) is 16.2. The summed E-state index contributed by atoms with van der Waals surface area (Å²) >= 11 is 4.74. The molecule has 0 saturated carbocycles. The summed E-state index contributed by atoms with van der Waals surface area (Å²) in [6.45, 7) is 16.0. The zero-order valence-electron chi connectivity index (χ0n) is 38.5. The van der Waals surface area contributed by atoms with Crippen molar-refractivity contribution < 1.29 is 41.2 Å². The van der Waals surface area contributed by atoms with Crippen LogP contribution in [0, 0.1) is 12.5 Å². The maximum atomic E-state index is 13.6. The number of unbranched alkanes of at least 4 members (excludes halogenated alkanes) is 2. The van der Waals surface area contributed by atoms with Crippen molar-refractivity contribution in [2.75, 3.05) is 40.5 Å². The van der Waals surface area contributed by atoms with Crippen LogP contribution < -0.4 is 31.4 Å². The standard InChI is InChI=1S/C48H60F3N6O8PS/c1-33(2)57(34(3)4)66(63-31-29-52-5)65-43-40(18-14-9-8-10-15-28-53-45(67)55-48(49,50)51)44(56-30-27-42(58)54-46(56)59)64-41(43)32-62-47(35-16-12-11-13-17-35,36-19-23-38(60-6)24-20-36)37-21-25-39(61-7)26-22-37/h9,11-14,16-17,19-27,30,33-34,40-41,43-44H,8,10,15,18,28-29,31-32H2,1-4,6-7H3,(H2,53,55,67)(H,54,58,59)/b14-9+/t40-,41+,43?,44+,66?/m0/s1. The Kier molecular flexibility index (Phi) is 20.0. The fraction of sp³-hybridized carbons (Fsp3) is 0.458. The predicted octanol–water partition coefficient (Wildman–Crippen LogP) is 8.84. The number of nitrogens with one attached hydrogen (secondary N) is 3. The molecule has 2 unspecified atom stereocenters. The topological polar surface area (TPSA) is 142 Å². The molecule has 0 aliphatic carbocycles. The summed E-state index contributed by atoms with van der Waals surface area (Å²) in [7, 11) is 1.36. The number of H-pyrrole nitrogens is 1. The van der Waals surface area contributed by atoms with Gasteiger partial charge in [-0.2, -0.15) is 13.2 Å². The third-order valence-electron chi connectivity index (χ3n) is 11.0. The lowest BCUT2D eigenvalue weighted by Gasteiger charge is -2.39. The van der Waals surface area contributed by atoms with Gasteiger partial charge in [0.2, 0.25) is 6.54 Å². The lowest BCUT2D eigenvalue weighted by molar-refractivity contribution is -0.141. The quantitative estimate of drug-likeness (QED) is 0.0118. The van der Waals surface area contributed by atoms with Gasteiger partial charge in [-0.05, 0) is 107 Å². The van der Waals surface area contributed by atoms with Gasteiger partial charge in [-0.25, -0.2) is 16.0 Å². The van der Waals surface area contributed by atoms with Crippen LogP contribution in [0.2, 0.25) is 0 Å². The van der Waals surface area contributed by atoms with Gasteiger partial charge in [0.05, 0.1) is 20.8 Å². The minimum absolute atomic E-state index is 0.0315. The number of rotatable bonds is 24. The molecule has 5 rings (SSSR count). The smallest absolute Gasteiger partial charge is 0.484 e. The number of nitrogens with zero attached hydrogens (tertiary/aromatic N) is 3. The van der Waals surface area contributed by atoms with Gasteiger partial charge in [0.25, 0.3) is 14.1 Å². The summed E-state index contributed by atoms with van der Waals surface area (Å²) in [6.07, 6.45) is 0.253. The minimum atomic E-state index is -4.62. The van der Waals surface area contributed by atoms with Crippen molar-refractivity contribution in [3.63, 3.8) is 0 Å². The van der Waals surface area contributed by atoms with E-state index in [2.05, 4.69) is 19.8 Å². The Bertz CT molecular complexity index is 2290. The molecule has 3 N–H and O–H groups in total. The van der Waals surface area contributed by atoms with E-state index < -0.39 is 61.1 Å². The van der Waals surface area contributed by atoms with Crippen molar-refractivity contribution in [2.45, 2.75) is 95.8 Å². The van der Waals surface area contributed by atoms with Crippen LogP contribution in [0.3, 0.4) is 0 Å². The number of methoxy groups -OCH3 is 2. The highest BCUT2D eigenvalue weighted by Crippen LogP contribution is 2.52. The van der Waals surface area contributed by atoms with E-state index in [-0.39, 0.29) is 38.4 Å². The molecule has 14 nitrogen and oxygen atoms in total. The average Bonchev–Trinajstić information content (AvgIpc) is 3.62. The van der Waals surface area contributed by atoms with Crippen molar-refractivity contribution in [2.24, 2.45) is 5.92 Å². The number of halogens is 3. The molecule has 0 bridgehead atoms. The van der Waals surface area contributed by atoms with E-state index in [0.29, 0.717) is 37.2 Å². The third kappa shape index (κ3) is 14.4. The summed E-state index contributed by atoms with van der Waals surface area (Å²) in [5.74, 6) is 0.747. The van der Waals surface area contributed by atoms with E-state index in [0.717, 1.165) is 16.7 Å². The van der Waals surface area contributed by atoms with Crippen LogP contribution in [0.1, 0.15) is 76.3 Å². The van der Waals surface area contributed by atoms with Crippen molar-refractivity contribution in [3.8, 4) is 11.5 Å². The van der Waals surface area contributed by atoms with Crippen LogP contribution in [0.4, 0.5) is 13.2 Å². The zero-order valence-corrected chi connectivity index (χ0v) is 40.2. The molecule has 0 amide bonds. The third-order valence-corrected chi connectivity index (χ3v) is 13.4. The van der Waals surface area contributed by atoms with Crippen LogP contribution in [-0.2, 0) is 24.1 Å².